The fourth-order valence-electron chi connectivity index (χ4n) is 2.52. The summed E-state index contributed by atoms with van der Waals surface area (Å²) in [5, 5.41) is 2.96. The van der Waals surface area contributed by atoms with Crippen LogP contribution in [0.2, 0.25) is 0 Å². The molecule has 2 rings (SSSR count). The Hall–Kier alpha value is -2.16. The van der Waals surface area contributed by atoms with Crippen molar-refractivity contribution < 1.29 is 9.18 Å². The zero-order valence-electron chi connectivity index (χ0n) is 13.3. The van der Waals surface area contributed by atoms with Gasteiger partial charge < -0.3 is 5.32 Å². The molecule has 0 aliphatic heterocycles. The first-order valence-corrected chi connectivity index (χ1v) is 7.56. The van der Waals surface area contributed by atoms with Crippen LogP contribution in [0.5, 0.6) is 0 Å². The van der Waals surface area contributed by atoms with Crippen molar-refractivity contribution in [2.45, 2.75) is 39.7 Å². The average molecular weight is 299 g/mol. The average Bonchev–Trinajstić information content (AvgIpc) is 2.47. The Kier molecular flexibility index (Phi) is 5.31. The number of amides is 1. The molecular formula is C19H22FNO. The lowest BCUT2D eigenvalue weighted by atomic mass is 10.0. The monoisotopic (exact) mass is 299 g/mol. The molecule has 2 aromatic carbocycles. The molecule has 22 heavy (non-hydrogen) atoms. The predicted octanol–water partition coefficient (Wildman–Crippen LogP) is 4.25. The van der Waals surface area contributed by atoms with Gasteiger partial charge in [-0.15, -0.1) is 0 Å². The molecule has 1 unspecified atom stereocenters. The summed E-state index contributed by atoms with van der Waals surface area (Å²) in [5.41, 5.74) is 4.56. The minimum atomic E-state index is -0.267. The maximum Gasteiger partial charge on any atom is 0.220 e. The van der Waals surface area contributed by atoms with E-state index in [9.17, 15) is 9.18 Å². The second-order valence-electron chi connectivity index (χ2n) is 5.77. The first-order chi connectivity index (χ1) is 10.5. The molecule has 0 heterocycles. The molecule has 3 heteroatoms. The molecule has 1 amide bonds. The number of benzene rings is 2. The summed E-state index contributed by atoms with van der Waals surface area (Å²) in [7, 11) is 0. The molecule has 2 nitrogen and oxygen atoms in total. The summed E-state index contributed by atoms with van der Waals surface area (Å²) in [4.78, 5) is 12.1. The van der Waals surface area contributed by atoms with Gasteiger partial charge in [-0.3, -0.25) is 4.79 Å². The summed E-state index contributed by atoms with van der Waals surface area (Å²) >= 11 is 0. The van der Waals surface area contributed by atoms with Crippen molar-refractivity contribution in [1.29, 1.82) is 0 Å². The molecule has 0 aliphatic rings. The number of carbonyl (C=O) groups excluding carboxylic acids is 1. The van der Waals surface area contributed by atoms with E-state index in [0.29, 0.717) is 6.42 Å². The zero-order valence-corrected chi connectivity index (χ0v) is 13.3. The highest BCUT2D eigenvalue weighted by Crippen LogP contribution is 2.15. The topological polar surface area (TPSA) is 29.1 Å². The van der Waals surface area contributed by atoms with Gasteiger partial charge in [0.15, 0.2) is 0 Å². The molecule has 0 radical (unpaired) electrons. The van der Waals surface area contributed by atoms with E-state index in [1.54, 1.807) is 12.1 Å². The number of carbonyl (C=O) groups is 1. The summed E-state index contributed by atoms with van der Waals surface area (Å²) in [6.45, 7) is 6.04. The third-order valence-electron chi connectivity index (χ3n) is 3.87. The van der Waals surface area contributed by atoms with Crippen molar-refractivity contribution in [3.8, 4) is 0 Å². The quantitative estimate of drug-likeness (QED) is 0.878. The Morgan fingerprint density at radius 2 is 1.82 bits per heavy atom. The zero-order chi connectivity index (χ0) is 16.1. The molecule has 1 atom stereocenters. The van der Waals surface area contributed by atoms with E-state index in [4.69, 9.17) is 0 Å². The van der Waals surface area contributed by atoms with Crippen molar-refractivity contribution in [3.63, 3.8) is 0 Å². The van der Waals surface area contributed by atoms with Crippen LogP contribution in [0.25, 0.3) is 0 Å². The van der Waals surface area contributed by atoms with Gasteiger partial charge in [0, 0.05) is 6.42 Å². The van der Waals surface area contributed by atoms with E-state index in [-0.39, 0.29) is 17.8 Å². The molecule has 0 aliphatic carbocycles. The van der Waals surface area contributed by atoms with Crippen molar-refractivity contribution in [3.05, 3.63) is 70.5 Å². The smallest absolute Gasteiger partial charge is 0.220 e. The second kappa shape index (κ2) is 7.21. The van der Waals surface area contributed by atoms with Crippen LogP contribution < -0.4 is 5.32 Å². The Labute approximate surface area is 131 Å². The minimum Gasteiger partial charge on any atom is -0.350 e. The Balaban J connectivity index is 1.88. The molecule has 0 bridgehead atoms. The van der Waals surface area contributed by atoms with Crippen molar-refractivity contribution in [2.24, 2.45) is 0 Å². The first-order valence-electron chi connectivity index (χ1n) is 7.56. The van der Waals surface area contributed by atoms with Gasteiger partial charge in [0.1, 0.15) is 5.82 Å². The van der Waals surface area contributed by atoms with E-state index in [0.717, 1.165) is 12.0 Å². The normalized spacial score (nSPS) is 12.0. The number of hydrogen-bond acceptors (Lipinski definition) is 1. The van der Waals surface area contributed by atoms with Crippen LogP contribution in [0, 0.1) is 19.7 Å². The maximum atomic E-state index is 12.9. The lowest BCUT2D eigenvalue weighted by Crippen LogP contribution is -2.26. The van der Waals surface area contributed by atoms with Gasteiger partial charge in [0.2, 0.25) is 5.91 Å². The lowest BCUT2D eigenvalue weighted by molar-refractivity contribution is -0.121. The maximum absolute atomic E-state index is 12.9. The lowest BCUT2D eigenvalue weighted by Gasteiger charge is -2.14. The highest BCUT2D eigenvalue weighted by atomic mass is 19.1. The van der Waals surface area contributed by atoms with E-state index in [2.05, 4.69) is 37.4 Å². The van der Waals surface area contributed by atoms with Gasteiger partial charge in [-0.2, -0.15) is 0 Å². The summed E-state index contributed by atoms with van der Waals surface area (Å²) in [5.74, 6) is -0.256. The third kappa shape index (κ3) is 4.42. The number of nitrogens with one attached hydrogen (secondary N) is 1. The van der Waals surface area contributed by atoms with Gasteiger partial charge in [-0.05, 0) is 56.0 Å². The largest absolute Gasteiger partial charge is 0.350 e. The van der Waals surface area contributed by atoms with Crippen molar-refractivity contribution in [1.82, 2.24) is 5.32 Å². The van der Waals surface area contributed by atoms with Crippen LogP contribution >= 0.6 is 0 Å². The first kappa shape index (κ1) is 16.2. The van der Waals surface area contributed by atoms with Crippen molar-refractivity contribution >= 4 is 5.91 Å². The summed E-state index contributed by atoms with van der Waals surface area (Å²) < 4.78 is 12.9. The van der Waals surface area contributed by atoms with Crippen LogP contribution in [0.3, 0.4) is 0 Å². The standard InChI is InChI=1S/C19H22FNO/c1-13-4-5-16(14(2)12-13)8-11-19(22)21-15(3)17-6-9-18(20)10-7-17/h4-7,9-10,12,15H,8,11H2,1-3H3,(H,21,22). The summed E-state index contributed by atoms with van der Waals surface area (Å²) in [6.07, 6.45) is 1.18. The Morgan fingerprint density at radius 3 is 2.45 bits per heavy atom. The number of aryl methyl sites for hydroxylation is 3. The van der Waals surface area contributed by atoms with E-state index in [1.807, 2.05) is 6.92 Å². The predicted molar refractivity (Wildman–Crippen MR) is 87.2 cm³/mol. The van der Waals surface area contributed by atoms with Gasteiger partial charge in [-0.25, -0.2) is 4.39 Å². The second-order valence-corrected chi connectivity index (χ2v) is 5.77. The minimum absolute atomic E-state index is 0.0109. The van der Waals surface area contributed by atoms with E-state index >= 15 is 0 Å². The molecule has 0 saturated carbocycles. The van der Waals surface area contributed by atoms with Crippen LogP contribution in [0.15, 0.2) is 42.5 Å². The molecule has 0 aromatic heterocycles. The van der Waals surface area contributed by atoms with Gasteiger partial charge in [0.25, 0.3) is 0 Å². The molecule has 2 aromatic rings. The molecule has 0 spiro atoms. The van der Waals surface area contributed by atoms with Crippen LogP contribution in [-0.4, -0.2) is 5.91 Å². The SMILES string of the molecule is Cc1ccc(CCC(=O)NC(C)c2ccc(F)cc2)c(C)c1. The molecule has 0 saturated heterocycles. The van der Waals surface area contributed by atoms with Crippen LogP contribution in [-0.2, 0) is 11.2 Å². The Morgan fingerprint density at radius 1 is 1.14 bits per heavy atom. The van der Waals surface area contributed by atoms with E-state index < -0.39 is 0 Å². The van der Waals surface area contributed by atoms with Gasteiger partial charge in [0.05, 0.1) is 6.04 Å². The molecule has 0 fully saturated rings. The number of rotatable bonds is 5. The third-order valence-corrected chi connectivity index (χ3v) is 3.87. The van der Waals surface area contributed by atoms with Crippen molar-refractivity contribution in [2.75, 3.05) is 0 Å². The van der Waals surface area contributed by atoms with Gasteiger partial charge >= 0.3 is 0 Å². The Bertz CT molecular complexity index is 649. The highest BCUT2D eigenvalue weighted by Gasteiger charge is 2.10. The molecular weight excluding hydrogens is 277 g/mol. The van der Waals surface area contributed by atoms with Gasteiger partial charge in [-0.1, -0.05) is 35.9 Å². The molecule has 1 N–H and O–H groups in total. The highest BCUT2D eigenvalue weighted by molar-refractivity contribution is 5.76. The molecule has 116 valence electrons. The van der Waals surface area contributed by atoms with Crippen LogP contribution in [0.1, 0.15) is 41.6 Å². The summed E-state index contributed by atoms with van der Waals surface area (Å²) in [6, 6.07) is 12.4. The van der Waals surface area contributed by atoms with Crippen LogP contribution in [0.4, 0.5) is 4.39 Å². The fourth-order valence-corrected chi connectivity index (χ4v) is 2.52. The van der Waals surface area contributed by atoms with E-state index in [1.165, 1.54) is 28.8 Å². The number of halogens is 1. The number of hydrogen-bond donors (Lipinski definition) is 1. The fraction of sp³-hybridized carbons (Fsp3) is 0.316.